The fourth-order valence-electron chi connectivity index (χ4n) is 5.05. The maximum Gasteiger partial charge on any atom is 0.123 e. The molecule has 1 atom stereocenters. The second kappa shape index (κ2) is 7.18. The number of piperidine rings is 1. The molecule has 0 amide bonds. The zero-order valence-corrected chi connectivity index (χ0v) is 16.9. The minimum atomic E-state index is -0.208. The molecule has 0 radical (unpaired) electrons. The second-order valence-corrected chi connectivity index (χ2v) is 8.23. The molecule has 1 aliphatic carbocycles. The van der Waals surface area contributed by atoms with Gasteiger partial charge in [-0.25, -0.2) is 4.39 Å². The van der Waals surface area contributed by atoms with Crippen LogP contribution in [0.4, 0.5) is 4.39 Å². The molecule has 5 rings (SSSR count). The van der Waals surface area contributed by atoms with Crippen molar-refractivity contribution in [2.45, 2.75) is 31.6 Å². The normalized spacial score (nSPS) is 18.3. The Kier molecular flexibility index (Phi) is 4.50. The lowest BCUT2D eigenvalue weighted by Crippen LogP contribution is -2.34. The molecule has 0 spiro atoms. The van der Waals surface area contributed by atoms with Gasteiger partial charge >= 0.3 is 0 Å². The third-order valence-corrected chi connectivity index (χ3v) is 6.48. The van der Waals surface area contributed by atoms with Gasteiger partial charge in [0.15, 0.2) is 0 Å². The number of benzene rings is 2. The topological polar surface area (TPSA) is 21.1 Å². The van der Waals surface area contributed by atoms with Crippen molar-refractivity contribution in [1.82, 2.24) is 14.7 Å². The van der Waals surface area contributed by atoms with E-state index in [1.807, 2.05) is 12.1 Å². The predicted molar refractivity (Wildman–Crippen MR) is 115 cm³/mol. The number of hydrogen-bond donors (Lipinski definition) is 0. The Morgan fingerprint density at radius 2 is 1.90 bits per heavy atom. The quantitative estimate of drug-likeness (QED) is 0.618. The maximum atomic E-state index is 13.3. The number of likely N-dealkylation sites (tertiary alicyclic amines) is 1. The molecule has 0 saturated carbocycles. The molecule has 1 saturated heterocycles. The Morgan fingerprint density at radius 3 is 2.72 bits per heavy atom. The van der Waals surface area contributed by atoms with Crippen LogP contribution in [-0.4, -0.2) is 27.8 Å². The molecule has 0 bridgehead atoms. The summed E-state index contributed by atoms with van der Waals surface area (Å²) in [6.45, 7) is 6.24. The first-order valence-electron chi connectivity index (χ1n) is 10.5. The molecular weight excluding hydrogens is 361 g/mol. The van der Waals surface area contributed by atoms with Crippen LogP contribution in [0.5, 0.6) is 0 Å². The van der Waals surface area contributed by atoms with Crippen molar-refractivity contribution in [1.29, 1.82) is 0 Å². The highest BCUT2D eigenvalue weighted by Crippen LogP contribution is 2.39. The van der Waals surface area contributed by atoms with Gasteiger partial charge in [0.25, 0.3) is 0 Å². The van der Waals surface area contributed by atoms with Crippen LogP contribution in [0.3, 0.4) is 0 Å². The van der Waals surface area contributed by atoms with E-state index in [4.69, 9.17) is 5.10 Å². The summed E-state index contributed by atoms with van der Waals surface area (Å²) < 4.78 is 15.4. The van der Waals surface area contributed by atoms with E-state index in [1.165, 1.54) is 46.6 Å². The number of nitrogens with zero attached hydrogens (tertiary/aromatic N) is 3. The Balaban J connectivity index is 1.44. The minimum Gasteiger partial charge on any atom is -0.371 e. The summed E-state index contributed by atoms with van der Waals surface area (Å²) in [4.78, 5) is 2.36. The molecular formula is C25H26FN3. The number of halogens is 1. The molecule has 3 aromatic rings. The molecule has 148 valence electrons. The van der Waals surface area contributed by atoms with Gasteiger partial charge in [0.2, 0.25) is 0 Å². The fourth-order valence-corrected chi connectivity index (χ4v) is 5.05. The van der Waals surface area contributed by atoms with E-state index in [0.29, 0.717) is 5.92 Å². The summed E-state index contributed by atoms with van der Waals surface area (Å²) in [6, 6.07) is 15.3. The summed E-state index contributed by atoms with van der Waals surface area (Å²) in [5.41, 5.74) is 8.64. The van der Waals surface area contributed by atoms with Crippen molar-refractivity contribution in [3.63, 3.8) is 0 Å². The van der Waals surface area contributed by atoms with Crippen LogP contribution in [0.15, 0.2) is 55.1 Å². The third kappa shape index (κ3) is 3.17. The van der Waals surface area contributed by atoms with Gasteiger partial charge in [0.05, 0.1) is 5.69 Å². The standard InChI is InChI=1S/C25H26FN3/c1-17(18-9-12-21(26)13-10-18)29-15-5-7-20(16-29)25-23-14-11-19-6-3-4-8-22(19)24(23)27-28(25)2/h3-4,6,8-10,12-13,20H,1,5,7,11,14-16H2,2H3. The van der Waals surface area contributed by atoms with E-state index in [1.54, 1.807) is 0 Å². The van der Waals surface area contributed by atoms with Crippen molar-refractivity contribution in [2.75, 3.05) is 13.1 Å². The van der Waals surface area contributed by atoms with Crippen molar-refractivity contribution in [2.24, 2.45) is 7.05 Å². The fraction of sp³-hybridized carbons (Fsp3) is 0.320. The number of rotatable bonds is 3. The summed E-state index contributed by atoms with van der Waals surface area (Å²) in [5.74, 6) is 0.229. The molecule has 1 aliphatic heterocycles. The zero-order valence-electron chi connectivity index (χ0n) is 16.9. The van der Waals surface area contributed by atoms with E-state index >= 15 is 0 Å². The SMILES string of the molecule is C=C(c1ccc(F)cc1)N1CCCC(c2c3c(nn2C)-c2ccccc2CC3)C1. The highest BCUT2D eigenvalue weighted by Gasteiger charge is 2.31. The monoisotopic (exact) mass is 387 g/mol. The molecule has 2 heterocycles. The van der Waals surface area contributed by atoms with Gasteiger partial charge in [-0.05, 0) is 48.9 Å². The summed E-state index contributed by atoms with van der Waals surface area (Å²) in [6.07, 6.45) is 4.44. The Labute approximate surface area is 171 Å². The van der Waals surface area contributed by atoms with E-state index in [2.05, 4.69) is 47.5 Å². The molecule has 29 heavy (non-hydrogen) atoms. The zero-order chi connectivity index (χ0) is 20.0. The van der Waals surface area contributed by atoms with E-state index < -0.39 is 0 Å². The first kappa shape index (κ1) is 18.2. The van der Waals surface area contributed by atoms with Crippen molar-refractivity contribution < 1.29 is 4.39 Å². The van der Waals surface area contributed by atoms with Gasteiger partial charge in [0, 0.05) is 48.6 Å². The molecule has 1 fully saturated rings. The van der Waals surface area contributed by atoms with Crippen LogP contribution in [0.25, 0.3) is 17.0 Å². The molecule has 4 heteroatoms. The van der Waals surface area contributed by atoms with Gasteiger partial charge in [0.1, 0.15) is 5.82 Å². The number of aryl methyl sites for hydroxylation is 2. The lowest BCUT2D eigenvalue weighted by Gasteiger charge is -2.36. The van der Waals surface area contributed by atoms with Crippen LogP contribution in [0.2, 0.25) is 0 Å². The molecule has 3 nitrogen and oxygen atoms in total. The molecule has 1 aromatic heterocycles. The average Bonchev–Trinajstić information content (AvgIpc) is 3.10. The van der Waals surface area contributed by atoms with Gasteiger partial charge in [-0.2, -0.15) is 5.10 Å². The minimum absolute atomic E-state index is 0.208. The lowest BCUT2D eigenvalue weighted by atomic mass is 9.84. The third-order valence-electron chi connectivity index (χ3n) is 6.48. The highest BCUT2D eigenvalue weighted by atomic mass is 19.1. The molecule has 2 aliphatic rings. The first-order chi connectivity index (χ1) is 14.1. The Morgan fingerprint density at radius 1 is 1.10 bits per heavy atom. The second-order valence-electron chi connectivity index (χ2n) is 8.23. The van der Waals surface area contributed by atoms with Gasteiger partial charge in [-0.3, -0.25) is 4.68 Å². The molecule has 2 aromatic carbocycles. The summed E-state index contributed by atoms with van der Waals surface area (Å²) in [5, 5.41) is 4.94. The number of fused-ring (bicyclic) bond motifs is 3. The summed E-state index contributed by atoms with van der Waals surface area (Å²) in [7, 11) is 2.09. The van der Waals surface area contributed by atoms with E-state index in [0.717, 1.165) is 43.6 Å². The highest BCUT2D eigenvalue weighted by molar-refractivity contribution is 5.70. The van der Waals surface area contributed by atoms with Crippen molar-refractivity contribution in [3.05, 3.63) is 83.3 Å². The van der Waals surface area contributed by atoms with Crippen LogP contribution in [0.1, 0.15) is 41.1 Å². The number of aromatic nitrogens is 2. The smallest absolute Gasteiger partial charge is 0.123 e. The van der Waals surface area contributed by atoms with Crippen LogP contribution < -0.4 is 0 Å². The predicted octanol–water partition coefficient (Wildman–Crippen LogP) is 5.18. The lowest BCUT2D eigenvalue weighted by molar-refractivity contribution is 0.287. The average molecular weight is 388 g/mol. The Bertz CT molecular complexity index is 1060. The van der Waals surface area contributed by atoms with Crippen LogP contribution in [0, 0.1) is 5.82 Å². The van der Waals surface area contributed by atoms with Gasteiger partial charge in [-0.1, -0.05) is 43.0 Å². The van der Waals surface area contributed by atoms with Crippen molar-refractivity contribution >= 4 is 5.70 Å². The summed E-state index contributed by atoms with van der Waals surface area (Å²) >= 11 is 0. The van der Waals surface area contributed by atoms with Gasteiger partial charge < -0.3 is 4.90 Å². The van der Waals surface area contributed by atoms with Crippen LogP contribution in [-0.2, 0) is 19.9 Å². The number of hydrogen-bond acceptors (Lipinski definition) is 2. The Hall–Kier alpha value is -2.88. The van der Waals surface area contributed by atoms with E-state index in [9.17, 15) is 4.39 Å². The van der Waals surface area contributed by atoms with Gasteiger partial charge in [-0.15, -0.1) is 0 Å². The van der Waals surface area contributed by atoms with Crippen LogP contribution >= 0.6 is 0 Å². The van der Waals surface area contributed by atoms with Crippen molar-refractivity contribution in [3.8, 4) is 11.3 Å². The maximum absolute atomic E-state index is 13.3. The molecule has 0 N–H and O–H groups in total. The molecule has 1 unspecified atom stereocenters. The van der Waals surface area contributed by atoms with E-state index in [-0.39, 0.29) is 5.82 Å². The largest absolute Gasteiger partial charge is 0.371 e. The first-order valence-corrected chi connectivity index (χ1v) is 10.5.